The topological polar surface area (TPSA) is 58.4 Å². The summed E-state index contributed by atoms with van der Waals surface area (Å²) in [4.78, 5) is 12.9. The fourth-order valence-corrected chi connectivity index (χ4v) is 3.36. The molecule has 6 heteroatoms. The van der Waals surface area contributed by atoms with Gasteiger partial charge in [0.05, 0.1) is 4.92 Å². The van der Waals surface area contributed by atoms with Gasteiger partial charge in [0.1, 0.15) is 0 Å². The Balaban J connectivity index is 1.92. The molecule has 0 aliphatic carbocycles. The van der Waals surface area contributed by atoms with E-state index < -0.39 is 0 Å². The molecule has 0 spiro atoms. The molecule has 1 unspecified atom stereocenters. The third kappa shape index (κ3) is 4.54. The van der Waals surface area contributed by atoms with Gasteiger partial charge in [-0.05, 0) is 37.9 Å². The predicted molar refractivity (Wildman–Crippen MR) is 82.2 cm³/mol. The van der Waals surface area contributed by atoms with Crippen LogP contribution in [0.3, 0.4) is 0 Å². The first-order chi connectivity index (χ1) is 9.69. The summed E-state index contributed by atoms with van der Waals surface area (Å²) in [6, 6.07) is 2.30. The molecule has 0 radical (unpaired) electrons. The minimum Gasteiger partial charge on any atom is -0.313 e. The summed E-state index contributed by atoms with van der Waals surface area (Å²) in [5, 5.41) is 16.4. The van der Waals surface area contributed by atoms with Crippen molar-refractivity contribution in [2.24, 2.45) is 0 Å². The van der Waals surface area contributed by atoms with Gasteiger partial charge >= 0.3 is 5.00 Å². The van der Waals surface area contributed by atoms with E-state index in [2.05, 4.69) is 17.1 Å². The average Bonchev–Trinajstić information content (AvgIpc) is 3.07. The van der Waals surface area contributed by atoms with E-state index in [1.54, 1.807) is 6.07 Å². The number of thiophene rings is 1. The second-order valence-electron chi connectivity index (χ2n) is 5.43. The molecule has 0 saturated carbocycles. The zero-order valence-corrected chi connectivity index (χ0v) is 12.8. The minimum atomic E-state index is -0.303. The molecule has 5 nitrogen and oxygen atoms in total. The highest BCUT2D eigenvalue weighted by atomic mass is 32.1. The lowest BCUT2D eigenvalue weighted by molar-refractivity contribution is -0.380. The van der Waals surface area contributed by atoms with Gasteiger partial charge in [-0.2, -0.15) is 0 Å². The normalized spacial score (nSPS) is 18.8. The summed E-state index contributed by atoms with van der Waals surface area (Å²) in [6.45, 7) is 6.25. The Morgan fingerprint density at radius 1 is 1.60 bits per heavy atom. The average molecular weight is 297 g/mol. The first-order valence-corrected chi connectivity index (χ1v) is 8.24. The monoisotopic (exact) mass is 297 g/mol. The van der Waals surface area contributed by atoms with Crippen LogP contribution in [0, 0.1) is 10.1 Å². The second kappa shape index (κ2) is 7.71. The van der Waals surface area contributed by atoms with Gasteiger partial charge in [-0.1, -0.05) is 24.7 Å². The van der Waals surface area contributed by atoms with E-state index in [1.807, 2.05) is 5.38 Å². The molecular formula is C14H23N3O2S. The van der Waals surface area contributed by atoms with Crippen molar-refractivity contribution in [3.05, 3.63) is 27.1 Å². The molecule has 1 saturated heterocycles. The van der Waals surface area contributed by atoms with E-state index in [1.165, 1.54) is 37.0 Å². The first-order valence-electron chi connectivity index (χ1n) is 7.36. The van der Waals surface area contributed by atoms with E-state index >= 15 is 0 Å². The molecule has 0 amide bonds. The van der Waals surface area contributed by atoms with Gasteiger partial charge < -0.3 is 5.32 Å². The van der Waals surface area contributed by atoms with Crippen molar-refractivity contribution < 1.29 is 4.92 Å². The van der Waals surface area contributed by atoms with E-state index in [9.17, 15) is 10.1 Å². The molecule has 1 aliphatic heterocycles. The zero-order chi connectivity index (χ0) is 14.4. The summed E-state index contributed by atoms with van der Waals surface area (Å²) in [5.41, 5.74) is 1.07. The maximum atomic E-state index is 10.7. The highest BCUT2D eigenvalue weighted by molar-refractivity contribution is 7.13. The van der Waals surface area contributed by atoms with Gasteiger partial charge in [0.25, 0.3) is 0 Å². The molecule has 2 rings (SSSR count). The van der Waals surface area contributed by atoms with Crippen molar-refractivity contribution >= 4 is 16.3 Å². The standard InChI is InChI=1S/C14H23N3O2S/c1-2-3-7-16(10-13-5-4-6-15-13)9-12-8-14(17(18)19)20-11-12/h8,11,13,15H,2-7,9-10H2,1H3. The van der Waals surface area contributed by atoms with E-state index in [0.29, 0.717) is 6.04 Å². The van der Waals surface area contributed by atoms with Crippen LogP contribution in [-0.4, -0.2) is 35.5 Å². The summed E-state index contributed by atoms with van der Waals surface area (Å²) in [6.07, 6.45) is 4.86. The Morgan fingerprint density at radius 3 is 3.05 bits per heavy atom. The molecule has 1 N–H and O–H groups in total. The van der Waals surface area contributed by atoms with Crippen molar-refractivity contribution in [3.63, 3.8) is 0 Å². The molecule has 1 fully saturated rings. The number of nitrogens with zero attached hydrogens (tertiary/aromatic N) is 2. The Kier molecular flexibility index (Phi) is 5.94. The molecule has 1 aromatic rings. The fourth-order valence-electron chi connectivity index (χ4n) is 2.64. The van der Waals surface area contributed by atoms with E-state index in [4.69, 9.17) is 0 Å². The maximum Gasteiger partial charge on any atom is 0.324 e. The largest absolute Gasteiger partial charge is 0.324 e. The van der Waals surface area contributed by atoms with Crippen LogP contribution in [0.1, 0.15) is 38.2 Å². The molecule has 1 aromatic heterocycles. The van der Waals surface area contributed by atoms with Crippen molar-refractivity contribution in [2.75, 3.05) is 19.6 Å². The number of rotatable bonds is 8. The minimum absolute atomic E-state index is 0.245. The highest BCUT2D eigenvalue weighted by Crippen LogP contribution is 2.24. The van der Waals surface area contributed by atoms with Crippen molar-refractivity contribution in [1.82, 2.24) is 10.2 Å². The van der Waals surface area contributed by atoms with Crippen LogP contribution >= 0.6 is 11.3 Å². The molecule has 20 heavy (non-hydrogen) atoms. The maximum absolute atomic E-state index is 10.7. The van der Waals surface area contributed by atoms with Gasteiger partial charge in [-0.15, -0.1) is 0 Å². The molecule has 0 aromatic carbocycles. The van der Waals surface area contributed by atoms with Crippen LogP contribution in [0.15, 0.2) is 11.4 Å². The Bertz CT molecular complexity index is 430. The van der Waals surface area contributed by atoms with Crippen molar-refractivity contribution in [3.8, 4) is 0 Å². The van der Waals surface area contributed by atoms with E-state index in [0.717, 1.165) is 31.7 Å². The van der Waals surface area contributed by atoms with Crippen molar-refractivity contribution in [1.29, 1.82) is 0 Å². The van der Waals surface area contributed by atoms with Gasteiger partial charge in [0.15, 0.2) is 0 Å². The van der Waals surface area contributed by atoms with Crippen LogP contribution in [-0.2, 0) is 6.54 Å². The first kappa shape index (κ1) is 15.4. The van der Waals surface area contributed by atoms with Crippen LogP contribution in [0.2, 0.25) is 0 Å². The third-order valence-corrected chi connectivity index (χ3v) is 4.62. The van der Waals surface area contributed by atoms with Crippen LogP contribution < -0.4 is 5.32 Å². The van der Waals surface area contributed by atoms with Gasteiger partial charge in [-0.3, -0.25) is 15.0 Å². The smallest absolute Gasteiger partial charge is 0.313 e. The van der Waals surface area contributed by atoms with Crippen molar-refractivity contribution in [2.45, 2.75) is 45.2 Å². The number of nitro groups is 1. The lowest BCUT2D eigenvalue weighted by Gasteiger charge is -2.25. The summed E-state index contributed by atoms with van der Waals surface area (Å²) < 4.78 is 0. The highest BCUT2D eigenvalue weighted by Gasteiger charge is 2.19. The predicted octanol–water partition coefficient (Wildman–Crippen LogP) is 3.01. The fraction of sp³-hybridized carbons (Fsp3) is 0.714. The quantitative estimate of drug-likeness (QED) is 0.592. The SMILES string of the molecule is CCCCN(Cc1csc([N+](=O)[O-])c1)CC1CCCN1. The summed E-state index contributed by atoms with van der Waals surface area (Å²) in [7, 11) is 0. The van der Waals surface area contributed by atoms with E-state index in [-0.39, 0.29) is 9.92 Å². The van der Waals surface area contributed by atoms with Crippen LogP contribution in [0.4, 0.5) is 5.00 Å². The molecule has 2 heterocycles. The number of nitrogens with one attached hydrogen (secondary N) is 1. The molecule has 0 bridgehead atoms. The summed E-state index contributed by atoms with van der Waals surface area (Å²) >= 11 is 1.22. The number of hydrogen-bond acceptors (Lipinski definition) is 5. The number of hydrogen-bond donors (Lipinski definition) is 1. The summed E-state index contributed by atoms with van der Waals surface area (Å²) in [5.74, 6) is 0. The van der Waals surface area contributed by atoms with Crippen LogP contribution in [0.5, 0.6) is 0 Å². The van der Waals surface area contributed by atoms with Crippen LogP contribution in [0.25, 0.3) is 0 Å². The molecule has 1 aliphatic rings. The van der Waals surface area contributed by atoms with Gasteiger partial charge in [0.2, 0.25) is 0 Å². The molecular weight excluding hydrogens is 274 g/mol. The Labute approximate surface area is 124 Å². The lowest BCUT2D eigenvalue weighted by atomic mass is 10.2. The number of unbranched alkanes of at least 4 members (excludes halogenated alkanes) is 1. The zero-order valence-electron chi connectivity index (χ0n) is 12.0. The van der Waals surface area contributed by atoms with Gasteiger partial charge in [-0.25, -0.2) is 0 Å². The second-order valence-corrected chi connectivity index (χ2v) is 6.32. The third-order valence-electron chi connectivity index (χ3n) is 3.69. The van der Waals surface area contributed by atoms with Gasteiger partial charge in [0, 0.05) is 30.6 Å². The molecule has 1 atom stereocenters. The molecule has 112 valence electrons. The lowest BCUT2D eigenvalue weighted by Crippen LogP contribution is -2.37. The Morgan fingerprint density at radius 2 is 2.45 bits per heavy atom. The Hall–Kier alpha value is -0.980.